The molecule has 0 fully saturated rings. The molecule has 0 radical (unpaired) electrons. The van der Waals surface area contributed by atoms with Crippen LogP contribution < -0.4 is 9.46 Å². The van der Waals surface area contributed by atoms with Crippen molar-refractivity contribution in [1.82, 2.24) is 4.98 Å². The summed E-state index contributed by atoms with van der Waals surface area (Å²) >= 11 is 5.94. The summed E-state index contributed by atoms with van der Waals surface area (Å²) in [4.78, 5) is 31.1. The molecule has 5 aromatic rings. The number of carbonyl (C=O) groups is 1. The zero-order valence-corrected chi connectivity index (χ0v) is 26.2. The quantitative estimate of drug-likeness (QED) is 0.104. The van der Waals surface area contributed by atoms with Gasteiger partial charge in [0.05, 0.1) is 39.5 Å². The molecule has 4 aromatic carbocycles. The molecule has 0 saturated heterocycles. The van der Waals surface area contributed by atoms with Crippen molar-refractivity contribution < 1.29 is 22.9 Å². The van der Waals surface area contributed by atoms with E-state index in [1.54, 1.807) is 61.7 Å². The third-order valence-corrected chi connectivity index (χ3v) is 8.74. The second-order valence-corrected chi connectivity index (χ2v) is 12.3. The SMILES string of the molecule is COc1cc(NS(=O)(=O)c2cc(Cl)ccc2C)c2ncccc2c1.O=C(/C=C/c1cccc([N+](=O)[O-])c1)C1=Nc2ccccc2C1. The highest BCUT2D eigenvalue weighted by Gasteiger charge is 2.20. The Morgan fingerprint density at radius 1 is 1.02 bits per heavy atom. The van der Waals surface area contributed by atoms with E-state index < -0.39 is 14.9 Å². The van der Waals surface area contributed by atoms with Gasteiger partial charge in [0.2, 0.25) is 0 Å². The molecule has 0 amide bonds. The Morgan fingerprint density at radius 3 is 2.59 bits per heavy atom. The minimum atomic E-state index is -3.81. The molecule has 12 heteroatoms. The molecule has 6 rings (SSSR count). The first kappa shape index (κ1) is 32.0. The summed E-state index contributed by atoms with van der Waals surface area (Å²) in [5.41, 5.74) is 4.46. The number of nitrogens with zero attached hydrogens (tertiary/aromatic N) is 3. The fourth-order valence-corrected chi connectivity index (χ4v) is 6.28. The number of pyridine rings is 1. The second-order valence-electron chi connectivity index (χ2n) is 10.2. The van der Waals surface area contributed by atoms with Crippen LogP contribution in [-0.4, -0.2) is 36.9 Å². The third kappa shape index (κ3) is 7.45. The molecule has 10 nitrogen and oxygen atoms in total. The van der Waals surface area contributed by atoms with Crippen LogP contribution in [0.3, 0.4) is 0 Å². The minimum Gasteiger partial charge on any atom is -0.497 e. The number of benzene rings is 4. The Morgan fingerprint density at radius 2 is 1.83 bits per heavy atom. The van der Waals surface area contributed by atoms with Crippen LogP contribution in [-0.2, 0) is 21.2 Å². The number of hydrogen-bond acceptors (Lipinski definition) is 8. The van der Waals surface area contributed by atoms with Crippen molar-refractivity contribution in [3.05, 3.63) is 135 Å². The maximum absolute atomic E-state index is 12.8. The van der Waals surface area contributed by atoms with E-state index in [0.717, 1.165) is 16.6 Å². The first-order valence-corrected chi connectivity index (χ1v) is 15.7. The van der Waals surface area contributed by atoms with Gasteiger partial charge in [-0.1, -0.05) is 60.1 Å². The van der Waals surface area contributed by atoms with Gasteiger partial charge < -0.3 is 4.74 Å². The number of nitrogens with one attached hydrogen (secondary N) is 1. The Balaban J connectivity index is 0.000000182. The summed E-state index contributed by atoms with van der Waals surface area (Å²) in [7, 11) is -2.29. The molecule has 232 valence electrons. The summed E-state index contributed by atoms with van der Waals surface area (Å²) < 4.78 is 33.4. The van der Waals surface area contributed by atoms with Gasteiger partial charge in [-0.25, -0.2) is 13.4 Å². The molecule has 0 bridgehead atoms. The molecule has 0 atom stereocenters. The van der Waals surface area contributed by atoms with Gasteiger partial charge in [-0.15, -0.1) is 0 Å². The smallest absolute Gasteiger partial charge is 0.270 e. The van der Waals surface area contributed by atoms with Gasteiger partial charge in [-0.2, -0.15) is 0 Å². The monoisotopic (exact) mass is 654 g/mol. The first-order valence-electron chi connectivity index (χ1n) is 13.9. The lowest BCUT2D eigenvalue weighted by Crippen LogP contribution is -2.15. The number of ketones is 1. The zero-order chi connectivity index (χ0) is 32.8. The average Bonchev–Trinajstić information content (AvgIpc) is 3.49. The topological polar surface area (TPSA) is 141 Å². The largest absolute Gasteiger partial charge is 0.497 e. The predicted molar refractivity (Wildman–Crippen MR) is 180 cm³/mol. The number of methoxy groups -OCH3 is 1. The highest BCUT2D eigenvalue weighted by atomic mass is 35.5. The van der Waals surface area contributed by atoms with Crippen molar-refractivity contribution in [2.45, 2.75) is 18.2 Å². The number of nitro benzene ring substituents is 1. The number of aromatic nitrogens is 1. The second kappa shape index (κ2) is 13.7. The van der Waals surface area contributed by atoms with Crippen LogP contribution in [0, 0.1) is 17.0 Å². The number of anilines is 1. The van der Waals surface area contributed by atoms with Crippen LogP contribution in [0.25, 0.3) is 17.0 Å². The van der Waals surface area contributed by atoms with E-state index >= 15 is 0 Å². The number of carbonyl (C=O) groups excluding carboxylic acids is 1. The van der Waals surface area contributed by atoms with Crippen LogP contribution in [0.4, 0.5) is 17.1 Å². The fraction of sp³-hybridized carbons (Fsp3) is 0.0882. The molecular formula is C34H27ClN4O6S. The number of hydrogen-bond donors (Lipinski definition) is 1. The van der Waals surface area contributed by atoms with Gasteiger partial charge in [0.25, 0.3) is 15.7 Å². The van der Waals surface area contributed by atoms with Crippen molar-refractivity contribution in [3.8, 4) is 5.75 Å². The molecule has 1 aromatic heterocycles. The summed E-state index contributed by atoms with van der Waals surface area (Å²) in [5, 5.41) is 11.9. The van der Waals surface area contributed by atoms with Crippen molar-refractivity contribution in [2.24, 2.45) is 4.99 Å². The number of non-ortho nitro benzene ring substituents is 1. The highest BCUT2D eigenvalue weighted by Crippen LogP contribution is 2.31. The molecule has 0 spiro atoms. The van der Waals surface area contributed by atoms with E-state index in [4.69, 9.17) is 16.3 Å². The summed E-state index contributed by atoms with van der Waals surface area (Å²) in [6.07, 6.45) is 5.11. The Kier molecular flexibility index (Phi) is 9.55. The number of aliphatic imine (C=N–C) groups is 1. The third-order valence-electron chi connectivity index (χ3n) is 7.00. The molecular weight excluding hydrogens is 628 g/mol. The minimum absolute atomic E-state index is 0.000195. The molecule has 1 aliphatic heterocycles. The van der Waals surface area contributed by atoms with Crippen molar-refractivity contribution >= 4 is 67.2 Å². The van der Waals surface area contributed by atoms with E-state index in [1.807, 2.05) is 30.3 Å². The number of para-hydroxylation sites is 1. The number of nitro groups is 1. The Labute approximate surface area is 270 Å². The molecule has 1 N–H and O–H groups in total. The van der Waals surface area contributed by atoms with Gasteiger partial charge in [0.1, 0.15) is 5.75 Å². The van der Waals surface area contributed by atoms with Crippen LogP contribution in [0.2, 0.25) is 5.02 Å². The van der Waals surface area contributed by atoms with Crippen molar-refractivity contribution in [1.29, 1.82) is 0 Å². The molecule has 0 saturated carbocycles. The lowest BCUT2D eigenvalue weighted by Gasteiger charge is -2.13. The first-order chi connectivity index (χ1) is 22.0. The number of halogens is 1. The van der Waals surface area contributed by atoms with E-state index in [9.17, 15) is 23.3 Å². The van der Waals surface area contributed by atoms with E-state index in [1.165, 1.54) is 31.4 Å². The number of rotatable bonds is 8. The van der Waals surface area contributed by atoms with Crippen LogP contribution >= 0.6 is 11.6 Å². The molecule has 1 aliphatic rings. The maximum atomic E-state index is 12.8. The normalized spacial score (nSPS) is 12.2. The van der Waals surface area contributed by atoms with Crippen LogP contribution in [0.5, 0.6) is 5.75 Å². The standard InChI is InChI=1S/C17H15ClN2O3S.C17H12N2O3/c1-11-5-6-13(18)9-16(11)24(21,22)20-15-10-14(23-2)8-12-4-3-7-19-17(12)15;20-17(16-11-13-5-1-2-7-15(13)18-16)9-8-12-4-3-6-14(10-12)19(21)22/h3-10,20H,1-2H3;1-10H,11H2/b;9-8+. The van der Waals surface area contributed by atoms with E-state index in [0.29, 0.717) is 45.2 Å². The van der Waals surface area contributed by atoms with Gasteiger partial charge in [0, 0.05) is 41.2 Å². The van der Waals surface area contributed by atoms with Crippen molar-refractivity contribution in [2.75, 3.05) is 11.8 Å². The highest BCUT2D eigenvalue weighted by molar-refractivity contribution is 7.92. The van der Waals surface area contributed by atoms with Gasteiger partial charge >= 0.3 is 0 Å². The number of aryl methyl sites for hydroxylation is 1. The maximum Gasteiger partial charge on any atom is 0.270 e. The lowest BCUT2D eigenvalue weighted by atomic mass is 10.1. The van der Waals surface area contributed by atoms with Crippen molar-refractivity contribution in [3.63, 3.8) is 0 Å². The summed E-state index contributed by atoms with van der Waals surface area (Å²) in [6.45, 7) is 1.72. The van der Waals surface area contributed by atoms with Gasteiger partial charge in [-0.3, -0.25) is 24.6 Å². The van der Waals surface area contributed by atoms with Gasteiger partial charge in [0.15, 0.2) is 5.78 Å². The number of ether oxygens (including phenoxy) is 1. The zero-order valence-electron chi connectivity index (χ0n) is 24.7. The van der Waals surface area contributed by atoms with Crippen LogP contribution in [0.1, 0.15) is 16.7 Å². The van der Waals surface area contributed by atoms with Gasteiger partial charge in [-0.05, 0) is 60.0 Å². The Bertz CT molecular complexity index is 2150. The lowest BCUT2D eigenvalue weighted by molar-refractivity contribution is -0.384. The number of fused-ring (bicyclic) bond motifs is 2. The molecule has 2 heterocycles. The number of allylic oxidation sites excluding steroid dienone is 1. The van der Waals surface area contributed by atoms with E-state index in [-0.39, 0.29) is 16.4 Å². The molecule has 0 aliphatic carbocycles. The molecule has 0 unspecified atom stereocenters. The average molecular weight is 655 g/mol. The molecule has 46 heavy (non-hydrogen) atoms. The fourth-order valence-electron chi connectivity index (χ4n) is 4.71. The summed E-state index contributed by atoms with van der Waals surface area (Å²) in [5.74, 6) is 0.360. The van der Waals surface area contributed by atoms with Crippen LogP contribution in [0.15, 0.2) is 113 Å². The predicted octanol–water partition coefficient (Wildman–Crippen LogP) is 7.51. The van der Waals surface area contributed by atoms with E-state index in [2.05, 4.69) is 14.7 Å². The Hall–Kier alpha value is -5.39. The number of sulfonamides is 1. The summed E-state index contributed by atoms with van der Waals surface area (Å²) in [6, 6.07) is 25.5.